The standard InChI is InChI=1S/C19H27N3O2S/c1-15(25-3)13-21-19(20-11-10-18-5-4-12-24-18)22-14-16-6-8-17(23-2)9-7-16/h4-9,12,15H,10-11,13-14H2,1-3H3,(H2,20,21,22). The van der Waals surface area contributed by atoms with Crippen LogP contribution in [0.5, 0.6) is 5.75 Å². The number of nitrogens with one attached hydrogen (secondary N) is 2. The molecule has 0 radical (unpaired) electrons. The molecule has 2 aromatic rings. The van der Waals surface area contributed by atoms with E-state index in [1.54, 1.807) is 13.4 Å². The molecule has 0 aliphatic rings. The third-order valence-corrected chi connectivity index (χ3v) is 4.75. The number of aliphatic imine (C=N–C) groups is 1. The zero-order chi connectivity index (χ0) is 17.9. The van der Waals surface area contributed by atoms with Crippen LogP contribution >= 0.6 is 11.8 Å². The van der Waals surface area contributed by atoms with Crippen LogP contribution < -0.4 is 15.4 Å². The fourth-order valence-electron chi connectivity index (χ4n) is 2.16. The van der Waals surface area contributed by atoms with Crippen LogP contribution in [-0.2, 0) is 13.0 Å². The van der Waals surface area contributed by atoms with Crippen molar-refractivity contribution in [2.24, 2.45) is 4.99 Å². The largest absolute Gasteiger partial charge is 0.497 e. The first-order chi connectivity index (χ1) is 12.2. The highest BCUT2D eigenvalue weighted by molar-refractivity contribution is 7.99. The number of guanidine groups is 1. The number of thioether (sulfide) groups is 1. The van der Waals surface area contributed by atoms with Gasteiger partial charge in [0.2, 0.25) is 0 Å². The van der Waals surface area contributed by atoms with Crippen molar-refractivity contribution < 1.29 is 9.15 Å². The van der Waals surface area contributed by atoms with E-state index in [1.165, 1.54) is 0 Å². The Balaban J connectivity index is 1.90. The fourth-order valence-corrected chi connectivity index (χ4v) is 2.41. The van der Waals surface area contributed by atoms with Gasteiger partial charge in [0.25, 0.3) is 0 Å². The molecule has 1 atom stereocenters. The average Bonchev–Trinajstić information content (AvgIpc) is 3.17. The zero-order valence-electron chi connectivity index (χ0n) is 15.1. The third-order valence-electron chi connectivity index (χ3n) is 3.78. The number of hydrogen-bond donors (Lipinski definition) is 2. The molecule has 0 bridgehead atoms. The van der Waals surface area contributed by atoms with Crippen molar-refractivity contribution in [3.8, 4) is 5.75 Å². The number of methoxy groups -OCH3 is 1. The number of hydrogen-bond acceptors (Lipinski definition) is 4. The van der Waals surface area contributed by atoms with Gasteiger partial charge in [-0.05, 0) is 36.1 Å². The minimum atomic E-state index is 0.526. The second-order valence-electron chi connectivity index (χ2n) is 5.70. The lowest BCUT2D eigenvalue weighted by Crippen LogP contribution is -2.41. The van der Waals surface area contributed by atoms with Crippen LogP contribution in [0.1, 0.15) is 18.2 Å². The number of nitrogens with zero attached hydrogens (tertiary/aromatic N) is 1. The molecule has 0 amide bonds. The first-order valence-electron chi connectivity index (χ1n) is 8.41. The van der Waals surface area contributed by atoms with Crippen molar-refractivity contribution in [1.82, 2.24) is 10.6 Å². The minimum absolute atomic E-state index is 0.526. The lowest BCUT2D eigenvalue weighted by Gasteiger charge is -2.15. The van der Waals surface area contributed by atoms with Crippen molar-refractivity contribution in [2.75, 3.05) is 26.5 Å². The average molecular weight is 362 g/mol. The van der Waals surface area contributed by atoms with Crippen LogP contribution in [0.4, 0.5) is 0 Å². The summed E-state index contributed by atoms with van der Waals surface area (Å²) in [5, 5.41) is 7.31. The van der Waals surface area contributed by atoms with E-state index in [9.17, 15) is 0 Å². The summed E-state index contributed by atoms with van der Waals surface area (Å²) in [6.07, 6.45) is 4.64. The number of rotatable bonds is 9. The highest BCUT2D eigenvalue weighted by atomic mass is 32.2. The van der Waals surface area contributed by atoms with Gasteiger partial charge in [-0.3, -0.25) is 0 Å². The molecule has 0 aliphatic heterocycles. The summed E-state index contributed by atoms with van der Waals surface area (Å²) in [5.41, 5.74) is 1.14. The predicted molar refractivity (Wildman–Crippen MR) is 106 cm³/mol. The van der Waals surface area contributed by atoms with E-state index in [4.69, 9.17) is 9.15 Å². The highest BCUT2D eigenvalue weighted by Gasteiger charge is 2.04. The van der Waals surface area contributed by atoms with Gasteiger partial charge >= 0.3 is 0 Å². The molecular weight excluding hydrogens is 334 g/mol. The lowest BCUT2D eigenvalue weighted by molar-refractivity contribution is 0.414. The molecule has 0 spiro atoms. The first-order valence-corrected chi connectivity index (χ1v) is 9.70. The van der Waals surface area contributed by atoms with Crippen LogP contribution in [0.2, 0.25) is 0 Å². The Labute approximate surface area is 154 Å². The van der Waals surface area contributed by atoms with Crippen LogP contribution in [0.3, 0.4) is 0 Å². The number of ether oxygens (including phenoxy) is 1. The van der Waals surface area contributed by atoms with Crippen molar-refractivity contribution in [3.05, 3.63) is 54.0 Å². The molecule has 5 nitrogen and oxygen atoms in total. The predicted octanol–water partition coefficient (Wildman–Crippen LogP) is 3.32. The van der Waals surface area contributed by atoms with E-state index in [-0.39, 0.29) is 0 Å². The molecule has 1 aromatic heterocycles. The fraction of sp³-hybridized carbons (Fsp3) is 0.421. The quantitative estimate of drug-likeness (QED) is 0.530. The minimum Gasteiger partial charge on any atom is -0.497 e. The van der Waals surface area contributed by atoms with E-state index in [2.05, 4.69) is 28.8 Å². The second kappa shape index (κ2) is 10.7. The monoisotopic (exact) mass is 361 g/mol. The highest BCUT2D eigenvalue weighted by Crippen LogP contribution is 2.12. The van der Waals surface area contributed by atoms with E-state index >= 15 is 0 Å². The van der Waals surface area contributed by atoms with Crippen molar-refractivity contribution >= 4 is 17.7 Å². The Kier molecular flexibility index (Phi) is 8.25. The smallest absolute Gasteiger partial charge is 0.191 e. The summed E-state index contributed by atoms with van der Waals surface area (Å²) in [5.74, 6) is 2.65. The van der Waals surface area contributed by atoms with Gasteiger partial charge in [-0.1, -0.05) is 19.1 Å². The topological polar surface area (TPSA) is 58.8 Å². The molecule has 2 rings (SSSR count). The lowest BCUT2D eigenvalue weighted by atomic mass is 10.2. The Morgan fingerprint density at radius 2 is 2.04 bits per heavy atom. The molecule has 1 aromatic carbocycles. The third kappa shape index (κ3) is 7.13. The summed E-state index contributed by atoms with van der Waals surface area (Å²) in [4.78, 5) is 4.69. The first kappa shape index (κ1) is 19.2. The Morgan fingerprint density at radius 3 is 2.68 bits per heavy atom. The van der Waals surface area contributed by atoms with Crippen molar-refractivity contribution in [3.63, 3.8) is 0 Å². The molecule has 0 aliphatic carbocycles. The van der Waals surface area contributed by atoms with Gasteiger partial charge in [0.15, 0.2) is 5.96 Å². The Morgan fingerprint density at radius 1 is 1.24 bits per heavy atom. The molecule has 0 saturated carbocycles. The zero-order valence-corrected chi connectivity index (χ0v) is 15.9. The maximum Gasteiger partial charge on any atom is 0.191 e. The van der Waals surface area contributed by atoms with Gasteiger partial charge in [-0.2, -0.15) is 11.8 Å². The van der Waals surface area contributed by atoms with Gasteiger partial charge in [-0.25, -0.2) is 4.99 Å². The Bertz CT molecular complexity index is 627. The maximum atomic E-state index is 5.37. The van der Waals surface area contributed by atoms with E-state index in [1.807, 2.05) is 48.2 Å². The van der Waals surface area contributed by atoms with Crippen LogP contribution in [-0.4, -0.2) is 37.7 Å². The molecule has 0 fully saturated rings. The summed E-state index contributed by atoms with van der Waals surface area (Å²) in [7, 11) is 1.67. The molecule has 2 N–H and O–H groups in total. The van der Waals surface area contributed by atoms with Gasteiger partial charge in [0.1, 0.15) is 11.5 Å². The molecular formula is C19H27N3O2S. The summed E-state index contributed by atoms with van der Waals surface area (Å²) >= 11 is 1.83. The summed E-state index contributed by atoms with van der Waals surface area (Å²) in [6.45, 7) is 4.46. The molecule has 0 saturated heterocycles. The normalized spacial score (nSPS) is 12.7. The molecule has 1 heterocycles. The molecule has 136 valence electrons. The summed E-state index contributed by atoms with van der Waals surface area (Å²) in [6, 6.07) is 11.9. The van der Waals surface area contributed by atoms with Crippen molar-refractivity contribution in [2.45, 2.75) is 25.1 Å². The maximum absolute atomic E-state index is 5.37. The van der Waals surface area contributed by atoms with Gasteiger partial charge in [-0.15, -0.1) is 0 Å². The summed E-state index contributed by atoms with van der Waals surface area (Å²) < 4.78 is 10.6. The van der Waals surface area contributed by atoms with Crippen molar-refractivity contribution in [1.29, 1.82) is 0 Å². The number of benzene rings is 1. The van der Waals surface area contributed by atoms with E-state index < -0.39 is 0 Å². The van der Waals surface area contributed by atoms with Crippen LogP contribution in [0, 0.1) is 0 Å². The van der Waals surface area contributed by atoms with Crippen LogP contribution in [0.25, 0.3) is 0 Å². The van der Waals surface area contributed by atoms with Gasteiger partial charge in [0, 0.05) is 24.8 Å². The molecule has 1 unspecified atom stereocenters. The number of furan rings is 1. The SMILES string of the molecule is COc1ccc(CN=C(NCCc2ccco2)NCC(C)SC)cc1. The molecule has 25 heavy (non-hydrogen) atoms. The Hall–Kier alpha value is -2.08. The molecule has 6 heteroatoms. The van der Waals surface area contributed by atoms with E-state index in [0.29, 0.717) is 11.8 Å². The second-order valence-corrected chi connectivity index (χ2v) is 6.97. The van der Waals surface area contributed by atoms with E-state index in [0.717, 1.165) is 42.5 Å². The van der Waals surface area contributed by atoms with Gasteiger partial charge < -0.3 is 19.8 Å². The van der Waals surface area contributed by atoms with Gasteiger partial charge in [0.05, 0.1) is 19.9 Å². The van der Waals surface area contributed by atoms with Crippen LogP contribution in [0.15, 0.2) is 52.1 Å².